The highest BCUT2D eigenvalue weighted by atomic mass is 16.3. The monoisotopic (exact) mass is 248 g/mol. The van der Waals surface area contributed by atoms with Crippen molar-refractivity contribution in [3.8, 4) is 5.75 Å². The molecule has 1 aromatic rings. The van der Waals surface area contributed by atoms with Crippen LogP contribution in [0.1, 0.15) is 22.8 Å². The van der Waals surface area contributed by atoms with Crippen molar-refractivity contribution >= 4 is 11.5 Å². The summed E-state index contributed by atoms with van der Waals surface area (Å²) in [5.74, 6) is 0.0119. The average Bonchev–Trinajstić information content (AvgIpc) is 2.28. The van der Waals surface area contributed by atoms with Crippen molar-refractivity contribution in [2.45, 2.75) is 13.8 Å². The van der Waals surface area contributed by atoms with Gasteiger partial charge in [0.15, 0.2) is 5.78 Å². The summed E-state index contributed by atoms with van der Waals surface area (Å²) in [4.78, 5) is 16.2. The van der Waals surface area contributed by atoms with Gasteiger partial charge in [0.25, 0.3) is 0 Å². The molecule has 0 spiro atoms. The van der Waals surface area contributed by atoms with E-state index in [1.54, 1.807) is 6.07 Å². The number of rotatable bonds is 2. The van der Waals surface area contributed by atoms with E-state index in [4.69, 9.17) is 0 Å². The van der Waals surface area contributed by atoms with Gasteiger partial charge in [-0.2, -0.15) is 0 Å². The molecule has 1 saturated heterocycles. The Morgan fingerprint density at radius 1 is 1.22 bits per heavy atom. The Bertz CT molecular complexity index is 463. The van der Waals surface area contributed by atoms with Crippen LogP contribution in [0.25, 0.3) is 0 Å². The Labute approximate surface area is 108 Å². The average molecular weight is 248 g/mol. The number of carbonyl (C=O) groups is 1. The molecular weight excluding hydrogens is 228 g/mol. The van der Waals surface area contributed by atoms with E-state index in [0.29, 0.717) is 5.56 Å². The number of aryl methyl sites for hydroxylation is 1. The smallest absolute Gasteiger partial charge is 0.165 e. The van der Waals surface area contributed by atoms with Gasteiger partial charge in [0.05, 0.1) is 11.3 Å². The molecule has 0 atom stereocenters. The summed E-state index contributed by atoms with van der Waals surface area (Å²) in [7, 11) is 2.09. The lowest BCUT2D eigenvalue weighted by atomic mass is 10.0. The van der Waals surface area contributed by atoms with Crippen LogP contribution >= 0.6 is 0 Å². The maximum absolute atomic E-state index is 11.7. The lowest BCUT2D eigenvalue weighted by molar-refractivity contribution is 0.101. The van der Waals surface area contributed by atoms with Crippen LogP contribution in [0.15, 0.2) is 12.1 Å². The van der Waals surface area contributed by atoms with E-state index in [1.807, 2.05) is 13.0 Å². The molecule has 0 unspecified atom stereocenters. The van der Waals surface area contributed by atoms with Gasteiger partial charge >= 0.3 is 0 Å². The SMILES string of the molecule is CC(=O)c1c(O)cc(C)cc1N1CCN(C)CC1. The number of likely N-dealkylation sites (N-methyl/N-ethyl adjacent to an activating group) is 1. The molecule has 1 fully saturated rings. The topological polar surface area (TPSA) is 43.8 Å². The maximum atomic E-state index is 11.7. The molecule has 2 rings (SSSR count). The number of Topliss-reactive ketones (excluding diaryl/α,β-unsaturated/α-hetero) is 1. The second-order valence-electron chi connectivity index (χ2n) is 5.02. The highest BCUT2D eigenvalue weighted by Gasteiger charge is 2.21. The van der Waals surface area contributed by atoms with E-state index in [1.165, 1.54) is 6.92 Å². The Morgan fingerprint density at radius 2 is 1.83 bits per heavy atom. The number of hydrogen-bond acceptors (Lipinski definition) is 4. The summed E-state index contributed by atoms with van der Waals surface area (Å²) < 4.78 is 0. The predicted molar refractivity (Wildman–Crippen MR) is 72.6 cm³/mol. The molecule has 98 valence electrons. The van der Waals surface area contributed by atoms with Crippen LogP contribution < -0.4 is 4.90 Å². The van der Waals surface area contributed by atoms with Crippen molar-refractivity contribution in [2.24, 2.45) is 0 Å². The zero-order valence-corrected chi connectivity index (χ0v) is 11.2. The van der Waals surface area contributed by atoms with E-state index in [-0.39, 0.29) is 11.5 Å². The molecule has 0 bridgehead atoms. The van der Waals surface area contributed by atoms with E-state index < -0.39 is 0 Å². The predicted octanol–water partition coefficient (Wildman–Crippen LogP) is 1.66. The zero-order chi connectivity index (χ0) is 13.3. The molecule has 0 radical (unpaired) electrons. The molecule has 0 aliphatic carbocycles. The van der Waals surface area contributed by atoms with E-state index in [0.717, 1.165) is 37.4 Å². The molecule has 1 heterocycles. The van der Waals surface area contributed by atoms with Crippen molar-refractivity contribution in [3.05, 3.63) is 23.3 Å². The second kappa shape index (κ2) is 4.98. The van der Waals surface area contributed by atoms with Crippen LogP contribution in [0, 0.1) is 6.92 Å². The number of nitrogens with zero attached hydrogens (tertiary/aromatic N) is 2. The molecule has 1 aliphatic heterocycles. The number of phenolic OH excluding ortho intramolecular Hbond substituents is 1. The lowest BCUT2D eigenvalue weighted by Gasteiger charge is -2.35. The fourth-order valence-electron chi connectivity index (χ4n) is 2.41. The van der Waals surface area contributed by atoms with Gasteiger partial charge in [0, 0.05) is 26.2 Å². The number of benzene rings is 1. The third kappa shape index (κ3) is 2.48. The molecule has 1 N–H and O–H groups in total. The molecular formula is C14H20N2O2. The van der Waals surface area contributed by atoms with Gasteiger partial charge in [-0.25, -0.2) is 0 Å². The van der Waals surface area contributed by atoms with Crippen LogP contribution in [0.3, 0.4) is 0 Å². The van der Waals surface area contributed by atoms with Crippen molar-refractivity contribution in [2.75, 3.05) is 38.1 Å². The van der Waals surface area contributed by atoms with Crippen LogP contribution in [0.5, 0.6) is 5.75 Å². The molecule has 4 heteroatoms. The van der Waals surface area contributed by atoms with Gasteiger partial charge in [-0.1, -0.05) is 0 Å². The fourth-order valence-corrected chi connectivity index (χ4v) is 2.41. The summed E-state index contributed by atoms with van der Waals surface area (Å²) in [6.45, 7) is 7.17. The summed E-state index contributed by atoms with van der Waals surface area (Å²) in [5.41, 5.74) is 2.30. The van der Waals surface area contributed by atoms with Crippen LogP contribution in [0.4, 0.5) is 5.69 Å². The maximum Gasteiger partial charge on any atom is 0.165 e. The molecule has 0 aromatic heterocycles. The van der Waals surface area contributed by atoms with Gasteiger partial charge in [0.2, 0.25) is 0 Å². The number of ketones is 1. The molecule has 0 amide bonds. The van der Waals surface area contributed by atoms with Crippen molar-refractivity contribution < 1.29 is 9.90 Å². The fraction of sp³-hybridized carbons (Fsp3) is 0.500. The van der Waals surface area contributed by atoms with Crippen molar-refractivity contribution in [1.82, 2.24) is 4.90 Å². The summed E-state index contributed by atoms with van der Waals surface area (Å²) in [5, 5.41) is 9.97. The number of carbonyl (C=O) groups excluding carboxylic acids is 1. The molecule has 1 aliphatic rings. The number of anilines is 1. The van der Waals surface area contributed by atoms with Gasteiger partial charge in [-0.3, -0.25) is 4.79 Å². The Kier molecular flexibility index (Phi) is 3.57. The van der Waals surface area contributed by atoms with Crippen LogP contribution in [-0.4, -0.2) is 49.0 Å². The third-order valence-electron chi connectivity index (χ3n) is 3.44. The number of piperazine rings is 1. The molecule has 4 nitrogen and oxygen atoms in total. The Balaban J connectivity index is 2.39. The first-order valence-corrected chi connectivity index (χ1v) is 6.27. The standard InChI is InChI=1S/C14H20N2O2/c1-10-8-12(14(11(2)17)13(18)9-10)16-6-4-15(3)5-7-16/h8-9,18H,4-7H2,1-3H3. The van der Waals surface area contributed by atoms with E-state index >= 15 is 0 Å². The first-order chi connectivity index (χ1) is 8.49. The lowest BCUT2D eigenvalue weighted by Crippen LogP contribution is -2.45. The molecule has 1 aromatic carbocycles. The van der Waals surface area contributed by atoms with Gasteiger partial charge in [-0.05, 0) is 38.6 Å². The minimum absolute atomic E-state index is 0.0820. The third-order valence-corrected chi connectivity index (χ3v) is 3.44. The quantitative estimate of drug-likeness (QED) is 0.808. The van der Waals surface area contributed by atoms with E-state index in [2.05, 4.69) is 16.8 Å². The number of phenols is 1. The van der Waals surface area contributed by atoms with Crippen molar-refractivity contribution in [1.29, 1.82) is 0 Å². The van der Waals surface area contributed by atoms with Crippen molar-refractivity contribution in [3.63, 3.8) is 0 Å². The van der Waals surface area contributed by atoms with E-state index in [9.17, 15) is 9.90 Å². The minimum Gasteiger partial charge on any atom is -0.507 e. The Morgan fingerprint density at radius 3 is 2.39 bits per heavy atom. The normalized spacial score (nSPS) is 16.9. The van der Waals surface area contributed by atoms with Gasteiger partial charge < -0.3 is 14.9 Å². The highest BCUT2D eigenvalue weighted by molar-refractivity contribution is 6.02. The summed E-state index contributed by atoms with van der Waals surface area (Å²) >= 11 is 0. The molecule has 0 saturated carbocycles. The summed E-state index contributed by atoms with van der Waals surface area (Å²) in [6, 6.07) is 3.64. The van der Waals surface area contributed by atoms with Crippen LogP contribution in [0.2, 0.25) is 0 Å². The first-order valence-electron chi connectivity index (χ1n) is 6.27. The first kappa shape index (κ1) is 12.9. The zero-order valence-electron chi connectivity index (χ0n) is 11.2. The van der Waals surface area contributed by atoms with Gasteiger partial charge in [-0.15, -0.1) is 0 Å². The number of hydrogen-bond donors (Lipinski definition) is 1. The Hall–Kier alpha value is -1.55. The van der Waals surface area contributed by atoms with Gasteiger partial charge in [0.1, 0.15) is 5.75 Å². The second-order valence-corrected chi connectivity index (χ2v) is 5.02. The molecule has 18 heavy (non-hydrogen) atoms. The highest BCUT2D eigenvalue weighted by Crippen LogP contribution is 2.31. The largest absolute Gasteiger partial charge is 0.507 e. The minimum atomic E-state index is -0.0820. The van der Waals surface area contributed by atoms with Crippen LogP contribution in [-0.2, 0) is 0 Å². The number of aromatic hydroxyl groups is 1. The summed E-state index contributed by atoms with van der Waals surface area (Å²) in [6.07, 6.45) is 0.